The van der Waals surface area contributed by atoms with Crippen LogP contribution in [0.1, 0.15) is 15.9 Å². The molecule has 3 nitrogen and oxygen atoms in total. The van der Waals surface area contributed by atoms with Crippen LogP contribution in [0, 0.1) is 12.7 Å². The number of aryl methyl sites for hydroxylation is 1. The van der Waals surface area contributed by atoms with Crippen LogP contribution in [0.4, 0.5) is 4.39 Å². The minimum absolute atomic E-state index is 0.266. The molecule has 3 rings (SSSR count). The fraction of sp³-hybridized carbons (Fsp3) is 0.0667. The van der Waals surface area contributed by atoms with Gasteiger partial charge < -0.3 is 5.11 Å². The second kappa shape index (κ2) is 5.38. The molecular formula is C15H10FNO2S2. The Morgan fingerprint density at radius 1 is 1.24 bits per heavy atom. The fourth-order valence-corrected chi connectivity index (χ4v) is 3.79. The monoisotopic (exact) mass is 319 g/mol. The van der Waals surface area contributed by atoms with Crippen molar-refractivity contribution in [1.82, 2.24) is 4.98 Å². The molecule has 1 aromatic carbocycles. The zero-order valence-electron chi connectivity index (χ0n) is 11.0. The van der Waals surface area contributed by atoms with Crippen molar-refractivity contribution < 1.29 is 14.3 Å². The number of thiazole rings is 1. The van der Waals surface area contributed by atoms with Gasteiger partial charge in [0.2, 0.25) is 0 Å². The van der Waals surface area contributed by atoms with Crippen LogP contribution in [0.2, 0.25) is 0 Å². The smallest absolute Gasteiger partial charge is 0.336 e. The third kappa shape index (κ3) is 2.72. The summed E-state index contributed by atoms with van der Waals surface area (Å²) in [6.45, 7) is 1.84. The number of aromatic nitrogens is 1. The molecule has 21 heavy (non-hydrogen) atoms. The van der Waals surface area contributed by atoms with Gasteiger partial charge in [-0.15, -0.1) is 22.7 Å². The fourth-order valence-electron chi connectivity index (χ4n) is 1.96. The van der Waals surface area contributed by atoms with Crippen LogP contribution in [-0.2, 0) is 0 Å². The molecule has 0 saturated heterocycles. The Morgan fingerprint density at radius 3 is 2.71 bits per heavy atom. The predicted octanol–water partition coefficient (Wildman–Crippen LogP) is 4.68. The second-order valence-electron chi connectivity index (χ2n) is 4.50. The number of halogens is 1. The van der Waals surface area contributed by atoms with Gasteiger partial charge in [-0.3, -0.25) is 0 Å². The first-order chi connectivity index (χ1) is 10.0. The lowest BCUT2D eigenvalue weighted by atomic mass is 10.1. The second-order valence-corrected chi connectivity index (χ2v) is 6.27. The quantitative estimate of drug-likeness (QED) is 0.762. The summed E-state index contributed by atoms with van der Waals surface area (Å²) in [5.74, 6) is -1.21. The van der Waals surface area contributed by atoms with E-state index in [-0.39, 0.29) is 11.4 Å². The van der Waals surface area contributed by atoms with E-state index in [9.17, 15) is 9.18 Å². The van der Waals surface area contributed by atoms with E-state index < -0.39 is 5.97 Å². The molecule has 0 aliphatic rings. The average Bonchev–Trinajstić information content (AvgIpc) is 3.07. The first-order valence-electron chi connectivity index (χ1n) is 6.09. The number of benzene rings is 1. The Labute approximate surface area is 128 Å². The molecule has 0 unspecified atom stereocenters. The summed E-state index contributed by atoms with van der Waals surface area (Å²) in [5.41, 5.74) is 2.73. The number of rotatable bonds is 3. The number of hydrogen-bond acceptors (Lipinski definition) is 4. The molecule has 6 heteroatoms. The highest BCUT2D eigenvalue weighted by molar-refractivity contribution is 7.15. The van der Waals surface area contributed by atoms with Crippen LogP contribution in [-0.4, -0.2) is 16.1 Å². The van der Waals surface area contributed by atoms with Crippen LogP contribution in [0.5, 0.6) is 0 Å². The molecule has 2 heterocycles. The molecule has 0 radical (unpaired) electrons. The highest BCUT2D eigenvalue weighted by atomic mass is 32.1. The van der Waals surface area contributed by atoms with E-state index in [0.717, 1.165) is 26.7 Å². The summed E-state index contributed by atoms with van der Waals surface area (Å²) in [4.78, 5) is 16.2. The highest BCUT2D eigenvalue weighted by Gasteiger charge is 2.13. The standard InChI is InChI=1S/C15H10FNO2S2/c1-8-4-10(16)2-3-11(8)14-17-12(7-21-14)13-5-9(6-20-13)15(18)19/h2-7H,1H3,(H,18,19). The molecule has 0 amide bonds. The predicted molar refractivity (Wildman–Crippen MR) is 82.5 cm³/mol. The maximum atomic E-state index is 13.1. The van der Waals surface area contributed by atoms with Crippen molar-refractivity contribution in [2.24, 2.45) is 0 Å². The third-order valence-electron chi connectivity index (χ3n) is 3.02. The van der Waals surface area contributed by atoms with Crippen molar-refractivity contribution in [2.75, 3.05) is 0 Å². The molecule has 0 atom stereocenters. The lowest BCUT2D eigenvalue weighted by Gasteiger charge is -2.01. The van der Waals surface area contributed by atoms with E-state index >= 15 is 0 Å². The number of carboxylic acids is 1. The van der Waals surface area contributed by atoms with Gasteiger partial charge in [0.25, 0.3) is 0 Å². The molecule has 2 aromatic heterocycles. The van der Waals surface area contributed by atoms with Gasteiger partial charge in [0, 0.05) is 16.3 Å². The van der Waals surface area contributed by atoms with Crippen molar-refractivity contribution in [3.8, 4) is 21.1 Å². The van der Waals surface area contributed by atoms with Gasteiger partial charge in [-0.05, 0) is 36.8 Å². The summed E-state index contributed by atoms with van der Waals surface area (Å²) >= 11 is 2.81. The molecule has 0 fully saturated rings. The normalized spacial score (nSPS) is 10.8. The largest absolute Gasteiger partial charge is 0.478 e. The van der Waals surface area contributed by atoms with Gasteiger partial charge in [-0.25, -0.2) is 14.2 Å². The van der Waals surface area contributed by atoms with Crippen LogP contribution >= 0.6 is 22.7 Å². The maximum Gasteiger partial charge on any atom is 0.336 e. The van der Waals surface area contributed by atoms with Gasteiger partial charge in [-0.2, -0.15) is 0 Å². The molecule has 3 aromatic rings. The molecule has 0 aliphatic heterocycles. The maximum absolute atomic E-state index is 13.1. The Bertz CT molecular complexity index is 823. The minimum atomic E-state index is -0.942. The summed E-state index contributed by atoms with van der Waals surface area (Å²) in [5, 5.41) is 13.2. The van der Waals surface area contributed by atoms with Gasteiger partial charge in [-0.1, -0.05) is 0 Å². The number of carbonyl (C=O) groups is 1. The number of nitrogens with zero attached hydrogens (tertiary/aromatic N) is 1. The van der Waals surface area contributed by atoms with Crippen molar-refractivity contribution in [3.05, 3.63) is 52.0 Å². The van der Waals surface area contributed by atoms with Crippen molar-refractivity contribution >= 4 is 28.6 Å². The van der Waals surface area contributed by atoms with Gasteiger partial charge in [0.05, 0.1) is 16.1 Å². The Kier molecular flexibility index (Phi) is 3.57. The van der Waals surface area contributed by atoms with Crippen LogP contribution in [0.3, 0.4) is 0 Å². The average molecular weight is 319 g/mol. The van der Waals surface area contributed by atoms with Gasteiger partial charge in [0.15, 0.2) is 0 Å². The Morgan fingerprint density at radius 2 is 2.05 bits per heavy atom. The summed E-state index contributed by atoms with van der Waals surface area (Å²) < 4.78 is 13.1. The molecule has 0 bridgehead atoms. The molecular weight excluding hydrogens is 309 g/mol. The number of aromatic carboxylic acids is 1. The molecule has 106 valence electrons. The summed E-state index contributed by atoms with van der Waals surface area (Å²) in [6, 6.07) is 6.22. The van der Waals surface area contributed by atoms with Crippen molar-refractivity contribution in [2.45, 2.75) is 6.92 Å². The number of hydrogen-bond donors (Lipinski definition) is 1. The van der Waals surface area contributed by atoms with Gasteiger partial charge in [0.1, 0.15) is 10.8 Å². The Hall–Kier alpha value is -2.05. The van der Waals surface area contributed by atoms with Crippen LogP contribution in [0.25, 0.3) is 21.1 Å². The number of carboxylic acid groups (broad SMARTS) is 1. The first kappa shape index (κ1) is 13.9. The summed E-state index contributed by atoms with van der Waals surface area (Å²) in [6.07, 6.45) is 0. The number of thiophene rings is 1. The first-order valence-corrected chi connectivity index (χ1v) is 7.85. The molecule has 1 N–H and O–H groups in total. The molecule has 0 spiro atoms. The van der Waals surface area contributed by atoms with Crippen LogP contribution in [0.15, 0.2) is 35.0 Å². The van der Waals surface area contributed by atoms with E-state index in [1.165, 1.54) is 34.8 Å². The third-order valence-corrected chi connectivity index (χ3v) is 4.85. The van der Waals surface area contributed by atoms with E-state index in [2.05, 4.69) is 4.98 Å². The SMILES string of the molecule is Cc1cc(F)ccc1-c1nc(-c2cc(C(=O)O)cs2)cs1. The zero-order chi connectivity index (χ0) is 15.0. The van der Waals surface area contributed by atoms with Crippen molar-refractivity contribution in [3.63, 3.8) is 0 Å². The Balaban J connectivity index is 1.97. The lowest BCUT2D eigenvalue weighted by Crippen LogP contribution is -1.91. The van der Waals surface area contributed by atoms with E-state index in [1.54, 1.807) is 17.5 Å². The van der Waals surface area contributed by atoms with E-state index in [1.807, 2.05) is 12.3 Å². The molecule has 0 saturated carbocycles. The van der Waals surface area contributed by atoms with Crippen LogP contribution < -0.4 is 0 Å². The lowest BCUT2D eigenvalue weighted by molar-refractivity contribution is 0.0697. The topological polar surface area (TPSA) is 50.2 Å². The zero-order valence-corrected chi connectivity index (χ0v) is 12.6. The summed E-state index contributed by atoms with van der Waals surface area (Å²) in [7, 11) is 0. The minimum Gasteiger partial charge on any atom is -0.478 e. The van der Waals surface area contributed by atoms with E-state index in [0.29, 0.717) is 0 Å². The van der Waals surface area contributed by atoms with Gasteiger partial charge >= 0.3 is 5.97 Å². The highest BCUT2D eigenvalue weighted by Crippen LogP contribution is 2.33. The molecule has 0 aliphatic carbocycles. The van der Waals surface area contributed by atoms with E-state index in [4.69, 9.17) is 5.11 Å². The van der Waals surface area contributed by atoms with Crippen molar-refractivity contribution in [1.29, 1.82) is 0 Å².